The predicted molar refractivity (Wildman–Crippen MR) is 82.0 cm³/mol. The minimum Gasteiger partial charge on any atom is -0.463 e. The van der Waals surface area contributed by atoms with Crippen LogP contribution in [0.3, 0.4) is 0 Å². The number of ether oxygens (including phenoxy) is 2. The molecule has 0 saturated heterocycles. The topological polar surface area (TPSA) is 91.2 Å². The first-order chi connectivity index (χ1) is 12.0. The molecular weight excluding hydrogens is 336 g/mol. The maximum atomic E-state index is 12.8. The monoisotopic (exact) mass is 351 g/mol. The lowest BCUT2D eigenvalue weighted by atomic mass is 9.95. The minimum absolute atomic E-state index is 0.0690. The molecule has 1 N–H and O–H groups in total. The number of allylic oxidation sites excluding steroid dienone is 1. The first kappa shape index (κ1) is 16.8. The zero-order valence-corrected chi connectivity index (χ0v) is 13.4. The van der Waals surface area contributed by atoms with Crippen molar-refractivity contribution >= 4 is 11.9 Å². The van der Waals surface area contributed by atoms with E-state index in [2.05, 4.69) is 25.6 Å². The summed E-state index contributed by atoms with van der Waals surface area (Å²) in [6, 6.07) is 5.32. The Balaban J connectivity index is 2.16. The summed E-state index contributed by atoms with van der Waals surface area (Å²) in [6.07, 6.45) is 0. The van der Waals surface area contributed by atoms with Crippen molar-refractivity contribution in [1.82, 2.24) is 20.2 Å². The zero-order valence-electron chi connectivity index (χ0n) is 13.4. The second-order valence-corrected chi connectivity index (χ2v) is 5.15. The maximum absolute atomic E-state index is 12.8. The summed E-state index contributed by atoms with van der Waals surface area (Å²) in [5, 5.41) is 14.2. The SMILES string of the molecule is CCOC(=O)C1=C(C)Nc2nnnn2[C@@H]1c1ccccc1OC(F)F. The van der Waals surface area contributed by atoms with E-state index in [1.807, 2.05) is 0 Å². The molecule has 1 aliphatic heterocycles. The Morgan fingerprint density at radius 2 is 2.16 bits per heavy atom. The van der Waals surface area contributed by atoms with Gasteiger partial charge in [0, 0.05) is 11.3 Å². The average Bonchev–Trinajstić information content (AvgIpc) is 3.01. The number of halogens is 2. The highest BCUT2D eigenvalue weighted by atomic mass is 19.3. The molecule has 10 heteroatoms. The summed E-state index contributed by atoms with van der Waals surface area (Å²) in [5.74, 6) is -0.381. The number of carbonyl (C=O) groups excluding carboxylic acids is 1. The number of anilines is 1. The highest BCUT2D eigenvalue weighted by Crippen LogP contribution is 2.39. The summed E-state index contributed by atoms with van der Waals surface area (Å²) in [5.41, 5.74) is 1.00. The summed E-state index contributed by atoms with van der Waals surface area (Å²) >= 11 is 0. The van der Waals surface area contributed by atoms with Crippen molar-refractivity contribution in [3.63, 3.8) is 0 Å². The normalized spacial score (nSPS) is 16.4. The Labute approximate surface area is 141 Å². The van der Waals surface area contributed by atoms with Gasteiger partial charge in [0.1, 0.15) is 11.8 Å². The molecule has 8 nitrogen and oxygen atoms in total. The van der Waals surface area contributed by atoms with Crippen LogP contribution in [0, 0.1) is 0 Å². The molecule has 0 fully saturated rings. The fourth-order valence-corrected chi connectivity index (χ4v) is 2.68. The van der Waals surface area contributed by atoms with Crippen molar-refractivity contribution in [2.45, 2.75) is 26.5 Å². The van der Waals surface area contributed by atoms with Crippen LogP contribution in [0.4, 0.5) is 14.7 Å². The average molecular weight is 351 g/mol. The number of nitrogens with zero attached hydrogens (tertiary/aromatic N) is 4. The second-order valence-electron chi connectivity index (χ2n) is 5.15. The number of fused-ring (bicyclic) bond motifs is 1. The van der Waals surface area contributed by atoms with Crippen LogP contribution >= 0.6 is 0 Å². The number of para-hydroxylation sites is 1. The van der Waals surface area contributed by atoms with E-state index in [1.54, 1.807) is 32.0 Å². The van der Waals surface area contributed by atoms with Gasteiger partial charge in [0.15, 0.2) is 0 Å². The van der Waals surface area contributed by atoms with Crippen molar-refractivity contribution in [3.8, 4) is 5.75 Å². The fourth-order valence-electron chi connectivity index (χ4n) is 2.68. The first-order valence-corrected chi connectivity index (χ1v) is 7.49. The largest absolute Gasteiger partial charge is 0.463 e. The van der Waals surface area contributed by atoms with Crippen molar-refractivity contribution in [3.05, 3.63) is 41.1 Å². The molecule has 2 heterocycles. The number of hydrogen-bond acceptors (Lipinski definition) is 7. The number of esters is 1. The number of tetrazole rings is 1. The van der Waals surface area contributed by atoms with Gasteiger partial charge < -0.3 is 14.8 Å². The number of aromatic nitrogens is 4. The van der Waals surface area contributed by atoms with Crippen LogP contribution in [-0.2, 0) is 9.53 Å². The third-order valence-electron chi connectivity index (χ3n) is 3.64. The Kier molecular flexibility index (Phi) is 4.59. The van der Waals surface area contributed by atoms with E-state index < -0.39 is 18.6 Å². The Bertz CT molecular complexity index is 821. The van der Waals surface area contributed by atoms with E-state index >= 15 is 0 Å². The van der Waals surface area contributed by atoms with Crippen LogP contribution in [0.15, 0.2) is 35.5 Å². The van der Waals surface area contributed by atoms with Crippen molar-refractivity contribution in [2.24, 2.45) is 0 Å². The number of nitrogens with one attached hydrogen (secondary N) is 1. The summed E-state index contributed by atoms with van der Waals surface area (Å²) in [4.78, 5) is 12.5. The molecule has 132 valence electrons. The molecule has 0 saturated carbocycles. The molecule has 1 aliphatic rings. The maximum Gasteiger partial charge on any atom is 0.387 e. The predicted octanol–water partition coefficient (Wildman–Crippen LogP) is 2.13. The van der Waals surface area contributed by atoms with Gasteiger partial charge in [0.2, 0.25) is 5.95 Å². The van der Waals surface area contributed by atoms with Crippen LogP contribution in [0.25, 0.3) is 0 Å². The van der Waals surface area contributed by atoms with Crippen LogP contribution in [0.2, 0.25) is 0 Å². The van der Waals surface area contributed by atoms with Crippen LogP contribution in [0.5, 0.6) is 5.75 Å². The molecule has 1 aromatic carbocycles. The van der Waals surface area contributed by atoms with Gasteiger partial charge in [0.25, 0.3) is 0 Å². The zero-order chi connectivity index (χ0) is 18.0. The molecule has 25 heavy (non-hydrogen) atoms. The van der Waals surface area contributed by atoms with Crippen molar-refractivity contribution in [2.75, 3.05) is 11.9 Å². The third-order valence-corrected chi connectivity index (χ3v) is 3.64. The quantitative estimate of drug-likeness (QED) is 0.825. The van der Waals surface area contributed by atoms with Crippen molar-refractivity contribution in [1.29, 1.82) is 0 Å². The molecule has 1 atom stereocenters. The number of rotatable bonds is 5. The third kappa shape index (κ3) is 3.14. The highest BCUT2D eigenvalue weighted by Gasteiger charge is 2.36. The summed E-state index contributed by atoms with van der Waals surface area (Å²) in [6.45, 7) is 0.496. The molecule has 1 aromatic heterocycles. The van der Waals surface area contributed by atoms with E-state index in [1.165, 1.54) is 10.7 Å². The van der Waals surface area contributed by atoms with Gasteiger partial charge >= 0.3 is 12.6 Å². The van der Waals surface area contributed by atoms with Gasteiger partial charge in [-0.25, -0.2) is 4.79 Å². The van der Waals surface area contributed by atoms with Crippen LogP contribution < -0.4 is 10.1 Å². The molecule has 0 spiro atoms. The molecule has 0 unspecified atom stereocenters. The number of carbonyl (C=O) groups is 1. The number of hydrogen-bond donors (Lipinski definition) is 1. The van der Waals surface area contributed by atoms with Crippen LogP contribution in [0.1, 0.15) is 25.5 Å². The van der Waals surface area contributed by atoms with Crippen LogP contribution in [-0.4, -0.2) is 39.4 Å². The standard InChI is InChI=1S/C15H15F2N5O3/c1-3-24-13(23)11-8(2)18-15-19-20-21-22(15)12(11)9-6-4-5-7-10(9)25-14(16)17/h4-7,12,14H,3H2,1-2H3,(H,18,19,21)/t12-/m1/s1. The lowest BCUT2D eigenvalue weighted by Gasteiger charge is -2.28. The summed E-state index contributed by atoms with van der Waals surface area (Å²) < 4.78 is 36.6. The fraction of sp³-hybridized carbons (Fsp3) is 0.333. The summed E-state index contributed by atoms with van der Waals surface area (Å²) in [7, 11) is 0. The van der Waals surface area contributed by atoms with E-state index in [0.717, 1.165) is 0 Å². The number of benzene rings is 1. The Morgan fingerprint density at radius 3 is 2.88 bits per heavy atom. The molecule has 0 amide bonds. The Hall–Kier alpha value is -3.04. The second kappa shape index (κ2) is 6.83. The molecule has 0 bridgehead atoms. The van der Waals surface area contributed by atoms with Gasteiger partial charge in [-0.15, -0.1) is 0 Å². The van der Waals surface area contributed by atoms with E-state index in [4.69, 9.17) is 4.74 Å². The van der Waals surface area contributed by atoms with Gasteiger partial charge in [-0.05, 0) is 30.3 Å². The van der Waals surface area contributed by atoms with E-state index in [0.29, 0.717) is 11.3 Å². The number of alkyl halides is 2. The van der Waals surface area contributed by atoms with Gasteiger partial charge in [0.05, 0.1) is 12.2 Å². The first-order valence-electron chi connectivity index (χ1n) is 7.49. The highest BCUT2D eigenvalue weighted by molar-refractivity contribution is 5.92. The molecule has 2 aromatic rings. The van der Waals surface area contributed by atoms with Gasteiger partial charge in [-0.1, -0.05) is 23.3 Å². The van der Waals surface area contributed by atoms with E-state index in [9.17, 15) is 13.6 Å². The molecule has 0 aliphatic carbocycles. The van der Waals surface area contributed by atoms with Crippen molar-refractivity contribution < 1.29 is 23.0 Å². The smallest absolute Gasteiger partial charge is 0.387 e. The Morgan fingerprint density at radius 1 is 1.40 bits per heavy atom. The lowest BCUT2D eigenvalue weighted by molar-refractivity contribution is -0.139. The van der Waals surface area contributed by atoms with Gasteiger partial charge in [-0.3, -0.25) is 0 Å². The molecule has 3 rings (SSSR count). The molecular formula is C15H15F2N5O3. The minimum atomic E-state index is -3.01. The molecule has 0 radical (unpaired) electrons. The van der Waals surface area contributed by atoms with E-state index in [-0.39, 0.29) is 23.9 Å². The van der Waals surface area contributed by atoms with Gasteiger partial charge in [-0.2, -0.15) is 13.5 Å². The lowest BCUT2D eigenvalue weighted by Crippen LogP contribution is -2.30.